The highest BCUT2D eigenvalue weighted by atomic mass is 16.3. The first-order chi connectivity index (χ1) is 6.36. The van der Waals surface area contributed by atoms with Gasteiger partial charge in [-0.2, -0.15) is 0 Å². The number of nitrogens with zero attached hydrogens (tertiary/aromatic N) is 1. The summed E-state index contributed by atoms with van der Waals surface area (Å²) in [4.78, 5) is 3.80. The molecule has 1 aromatic rings. The van der Waals surface area contributed by atoms with Gasteiger partial charge in [0.25, 0.3) is 0 Å². The maximum Gasteiger partial charge on any atom is 0.180 e. The average molecular weight is 182 g/mol. The first kappa shape index (κ1) is 8.72. The van der Waals surface area contributed by atoms with Crippen LogP contribution in [0.1, 0.15) is 18.6 Å². The van der Waals surface area contributed by atoms with Crippen LogP contribution in [0.4, 0.5) is 0 Å². The van der Waals surface area contributed by atoms with Gasteiger partial charge in [-0.05, 0) is 18.8 Å². The van der Waals surface area contributed by atoms with Crippen molar-refractivity contribution in [3.05, 3.63) is 18.4 Å². The maximum atomic E-state index is 9.51. The van der Waals surface area contributed by atoms with Crippen LogP contribution in [0, 0.1) is 5.92 Å². The van der Waals surface area contributed by atoms with Gasteiger partial charge in [0.05, 0.1) is 18.8 Å². The molecule has 1 fully saturated rings. The molecule has 1 unspecified atom stereocenters. The summed E-state index contributed by atoms with van der Waals surface area (Å²) in [5.74, 6) is 1.34. The molecule has 2 rings (SSSR count). The third-order valence-electron chi connectivity index (χ3n) is 2.30. The molecule has 2 N–H and O–H groups in total. The number of aliphatic hydroxyl groups is 1. The molecule has 0 bridgehead atoms. The quantitative estimate of drug-likeness (QED) is 0.697. The van der Waals surface area contributed by atoms with E-state index in [2.05, 4.69) is 10.3 Å². The van der Waals surface area contributed by atoms with Gasteiger partial charge in [0.15, 0.2) is 6.39 Å². The first-order valence-corrected chi connectivity index (χ1v) is 4.62. The summed E-state index contributed by atoms with van der Waals surface area (Å²) in [6.07, 6.45) is 5.24. The SMILES string of the molecule is OC(CNCc1cnco1)C1CC1. The molecule has 0 radical (unpaired) electrons. The minimum Gasteiger partial charge on any atom is -0.447 e. The molecular weight excluding hydrogens is 168 g/mol. The van der Waals surface area contributed by atoms with E-state index in [-0.39, 0.29) is 6.10 Å². The molecule has 1 aliphatic carbocycles. The van der Waals surface area contributed by atoms with E-state index in [1.807, 2.05) is 0 Å². The maximum absolute atomic E-state index is 9.51. The summed E-state index contributed by atoms with van der Waals surface area (Å²) in [5, 5.41) is 12.6. The summed E-state index contributed by atoms with van der Waals surface area (Å²) < 4.78 is 5.04. The lowest BCUT2D eigenvalue weighted by molar-refractivity contribution is 0.148. The number of oxazole rings is 1. The molecule has 0 amide bonds. The van der Waals surface area contributed by atoms with E-state index in [4.69, 9.17) is 4.42 Å². The lowest BCUT2D eigenvalue weighted by atomic mass is 10.2. The summed E-state index contributed by atoms with van der Waals surface area (Å²) >= 11 is 0. The van der Waals surface area contributed by atoms with Gasteiger partial charge in [-0.1, -0.05) is 0 Å². The largest absolute Gasteiger partial charge is 0.447 e. The lowest BCUT2D eigenvalue weighted by Gasteiger charge is -2.08. The Balaban J connectivity index is 1.63. The summed E-state index contributed by atoms with van der Waals surface area (Å²) in [5.41, 5.74) is 0. The number of aliphatic hydroxyl groups excluding tert-OH is 1. The van der Waals surface area contributed by atoms with Crippen LogP contribution < -0.4 is 5.32 Å². The minimum absolute atomic E-state index is 0.192. The normalized spacial score (nSPS) is 18.8. The Labute approximate surface area is 77.0 Å². The van der Waals surface area contributed by atoms with Crippen molar-refractivity contribution in [2.24, 2.45) is 5.92 Å². The number of hydrogen-bond donors (Lipinski definition) is 2. The van der Waals surface area contributed by atoms with E-state index in [0.717, 1.165) is 5.76 Å². The Hall–Kier alpha value is -0.870. The Bertz CT molecular complexity index is 244. The molecule has 1 aromatic heterocycles. The van der Waals surface area contributed by atoms with Crippen LogP contribution in [0.15, 0.2) is 17.0 Å². The molecular formula is C9H14N2O2. The fourth-order valence-corrected chi connectivity index (χ4v) is 1.32. The summed E-state index contributed by atoms with van der Waals surface area (Å²) in [7, 11) is 0. The van der Waals surface area contributed by atoms with Crippen LogP contribution >= 0.6 is 0 Å². The van der Waals surface area contributed by atoms with Crippen molar-refractivity contribution >= 4 is 0 Å². The van der Waals surface area contributed by atoms with Crippen LogP contribution in [-0.2, 0) is 6.54 Å². The zero-order valence-electron chi connectivity index (χ0n) is 7.44. The predicted octanol–water partition coefficient (Wildman–Crippen LogP) is 0.535. The number of aromatic nitrogens is 1. The predicted molar refractivity (Wildman–Crippen MR) is 46.9 cm³/mol. The molecule has 1 heterocycles. The zero-order chi connectivity index (χ0) is 9.10. The molecule has 0 saturated heterocycles. The van der Waals surface area contributed by atoms with Gasteiger partial charge in [-0.25, -0.2) is 4.98 Å². The molecule has 0 aliphatic heterocycles. The third-order valence-corrected chi connectivity index (χ3v) is 2.30. The van der Waals surface area contributed by atoms with Crippen molar-refractivity contribution in [1.29, 1.82) is 0 Å². The van der Waals surface area contributed by atoms with Gasteiger partial charge in [-0.15, -0.1) is 0 Å². The van der Waals surface area contributed by atoms with Crippen molar-refractivity contribution in [3.63, 3.8) is 0 Å². The second-order valence-electron chi connectivity index (χ2n) is 3.50. The molecule has 0 aromatic carbocycles. The van der Waals surface area contributed by atoms with Crippen molar-refractivity contribution < 1.29 is 9.52 Å². The molecule has 4 heteroatoms. The Kier molecular flexibility index (Phi) is 2.61. The van der Waals surface area contributed by atoms with E-state index in [1.165, 1.54) is 19.2 Å². The van der Waals surface area contributed by atoms with Crippen molar-refractivity contribution in [2.75, 3.05) is 6.54 Å². The van der Waals surface area contributed by atoms with E-state index in [9.17, 15) is 5.11 Å². The van der Waals surface area contributed by atoms with Crippen LogP contribution in [0.25, 0.3) is 0 Å². The fourth-order valence-electron chi connectivity index (χ4n) is 1.32. The Morgan fingerprint density at radius 3 is 3.15 bits per heavy atom. The Morgan fingerprint density at radius 1 is 1.69 bits per heavy atom. The van der Waals surface area contributed by atoms with Crippen LogP contribution in [0.2, 0.25) is 0 Å². The van der Waals surface area contributed by atoms with Crippen molar-refractivity contribution in [1.82, 2.24) is 10.3 Å². The molecule has 1 aliphatic rings. The highest BCUT2D eigenvalue weighted by molar-refractivity contribution is 4.88. The van der Waals surface area contributed by atoms with E-state index in [1.54, 1.807) is 6.20 Å². The lowest BCUT2D eigenvalue weighted by Crippen LogP contribution is -2.27. The zero-order valence-corrected chi connectivity index (χ0v) is 7.44. The monoisotopic (exact) mass is 182 g/mol. The van der Waals surface area contributed by atoms with Crippen LogP contribution in [0.3, 0.4) is 0 Å². The number of rotatable bonds is 5. The standard InChI is InChI=1S/C9H14N2O2/c12-9(7-1-2-7)5-10-3-8-4-11-6-13-8/h4,6-7,9-10,12H,1-3,5H2. The smallest absolute Gasteiger partial charge is 0.180 e. The Morgan fingerprint density at radius 2 is 2.54 bits per heavy atom. The van der Waals surface area contributed by atoms with Crippen molar-refractivity contribution in [3.8, 4) is 0 Å². The molecule has 13 heavy (non-hydrogen) atoms. The summed E-state index contributed by atoms with van der Waals surface area (Å²) in [6.45, 7) is 1.29. The second-order valence-corrected chi connectivity index (χ2v) is 3.50. The van der Waals surface area contributed by atoms with Gasteiger partial charge in [0.2, 0.25) is 0 Å². The number of nitrogens with one attached hydrogen (secondary N) is 1. The highest BCUT2D eigenvalue weighted by Crippen LogP contribution is 2.32. The topological polar surface area (TPSA) is 58.3 Å². The number of hydrogen-bond acceptors (Lipinski definition) is 4. The van der Waals surface area contributed by atoms with E-state index >= 15 is 0 Å². The van der Waals surface area contributed by atoms with Crippen LogP contribution in [0.5, 0.6) is 0 Å². The van der Waals surface area contributed by atoms with Crippen LogP contribution in [-0.4, -0.2) is 22.7 Å². The molecule has 72 valence electrons. The average Bonchev–Trinajstić information content (AvgIpc) is 2.86. The molecule has 4 nitrogen and oxygen atoms in total. The third kappa shape index (κ3) is 2.54. The second kappa shape index (κ2) is 3.89. The summed E-state index contributed by atoms with van der Waals surface area (Å²) in [6, 6.07) is 0. The molecule has 1 saturated carbocycles. The van der Waals surface area contributed by atoms with E-state index in [0.29, 0.717) is 19.0 Å². The van der Waals surface area contributed by atoms with Gasteiger partial charge in [0, 0.05) is 6.54 Å². The highest BCUT2D eigenvalue weighted by Gasteiger charge is 2.29. The van der Waals surface area contributed by atoms with Gasteiger partial charge >= 0.3 is 0 Å². The van der Waals surface area contributed by atoms with Gasteiger partial charge in [0.1, 0.15) is 5.76 Å². The molecule has 1 atom stereocenters. The van der Waals surface area contributed by atoms with Crippen molar-refractivity contribution in [2.45, 2.75) is 25.5 Å². The minimum atomic E-state index is -0.192. The van der Waals surface area contributed by atoms with Gasteiger partial charge < -0.3 is 14.8 Å². The first-order valence-electron chi connectivity index (χ1n) is 4.62. The van der Waals surface area contributed by atoms with Gasteiger partial charge in [-0.3, -0.25) is 0 Å². The molecule has 0 spiro atoms. The fraction of sp³-hybridized carbons (Fsp3) is 0.667. The van der Waals surface area contributed by atoms with E-state index < -0.39 is 0 Å².